The standard InChI is InChI=1S/C36H24N2/c1-2-12-25(13-3-1)26-14-10-15-27(24-26)37-32-20-7-6-18-30(32)31-19-11-23-35(36(31)37)38-33-21-8-4-16-28(33)29-17-5-9-22-34(29)38/h1-24H/i1D,4D,5D,6D,7D,8D,9D,11D,12D,13D,16D,17D,18D,19D,20D,21D,22D,23D. The Balaban J connectivity index is 1.72. The minimum atomic E-state index is -0.752. The lowest BCUT2D eigenvalue weighted by Gasteiger charge is -2.15. The summed E-state index contributed by atoms with van der Waals surface area (Å²) in [4.78, 5) is 0. The highest BCUT2D eigenvalue weighted by atomic mass is 15.1. The van der Waals surface area contributed by atoms with Crippen LogP contribution in [-0.2, 0) is 0 Å². The number of aromatic nitrogens is 2. The number of rotatable bonds is 3. The summed E-state index contributed by atoms with van der Waals surface area (Å²) < 4.78 is 160. The van der Waals surface area contributed by atoms with E-state index in [1.807, 2.05) is 0 Å². The summed E-state index contributed by atoms with van der Waals surface area (Å²) in [6.07, 6.45) is 0. The maximum Gasteiger partial charge on any atom is 0.0782 e. The van der Waals surface area contributed by atoms with Crippen molar-refractivity contribution in [3.8, 4) is 22.5 Å². The molecule has 0 unspecified atom stereocenters. The Bertz CT molecular complexity index is 3030. The second kappa shape index (κ2) is 8.22. The molecule has 0 atom stereocenters. The van der Waals surface area contributed by atoms with Crippen molar-refractivity contribution in [3.05, 3.63) is 145 Å². The molecule has 2 heteroatoms. The summed E-state index contributed by atoms with van der Waals surface area (Å²) in [6, 6.07) is -1.97. The van der Waals surface area contributed by atoms with Crippen molar-refractivity contribution in [2.24, 2.45) is 0 Å². The molecule has 8 aromatic rings. The van der Waals surface area contributed by atoms with E-state index in [4.69, 9.17) is 23.3 Å². The first-order valence-electron chi connectivity index (χ1n) is 20.6. The molecule has 0 aliphatic heterocycles. The van der Waals surface area contributed by atoms with E-state index in [-0.39, 0.29) is 78.6 Å². The number of nitrogens with zero attached hydrogens (tertiary/aromatic N) is 2. The summed E-state index contributed by atoms with van der Waals surface area (Å²) in [5.74, 6) is 0. The maximum absolute atomic E-state index is 9.40. The Morgan fingerprint density at radius 1 is 0.447 bits per heavy atom. The van der Waals surface area contributed by atoms with E-state index in [1.165, 1.54) is 34.9 Å². The van der Waals surface area contributed by atoms with Gasteiger partial charge in [-0.15, -0.1) is 0 Å². The highest BCUT2D eigenvalue weighted by molar-refractivity contribution is 6.15. The van der Waals surface area contributed by atoms with Gasteiger partial charge in [-0.2, -0.15) is 0 Å². The highest BCUT2D eigenvalue weighted by Crippen LogP contribution is 2.39. The molecule has 2 aromatic heterocycles. The minimum absolute atomic E-state index is 0.0674. The molecule has 8 rings (SSSR count). The molecule has 0 radical (unpaired) electrons. The normalized spacial score (nSPS) is 18.3. The predicted octanol–water partition coefficient (Wildman–Crippen LogP) is 9.55. The van der Waals surface area contributed by atoms with Crippen LogP contribution in [0.4, 0.5) is 0 Å². The van der Waals surface area contributed by atoms with Gasteiger partial charge in [0.2, 0.25) is 0 Å². The van der Waals surface area contributed by atoms with Crippen LogP contribution in [-0.4, -0.2) is 9.13 Å². The van der Waals surface area contributed by atoms with Crippen molar-refractivity contribution in [3.63, 3.8) is 0 Å². The van der Waals surface area contributed by atoms with E-state index in [0.29, 0.717) is 0 Å². The third-order valence-corrected chi connectivity index (χ3v) is 6.44. The van der Waals surface area contributed by atoms with Gasteiger partial charge in [0.25, 0.3) is 0 Å². The van der Waals surface area contributed by atoms with Crippen LogP contribution < -0.4 is 0 Å². The highest BCUT2D eigenvalue weighted by Gasteiger charge is 2.19. The SMILES string of the molecule is [2H]c1cc([2H])c(-c2cccc(-n3c4c([2H])c([2H])c([2H])c([2H])c4c4c([2H])c([2H])c([2H])c(-n5c6c([2H])c([2H])c([2H])c([2H])c6c6c([2H])c([2H])c([2H])c([2H])c65)c43)c2)c([2H])c1. The van der Waals surface area contributed by atoms with Crippen molar-refractivity contribution in [1.29, 1.82) is 0 Å². The van der Waals surface area contributed by atoms with Gasteiger partial charge in [-0.25, -0.2) is 0 Å². The first-order chi connectivity index (χ1) is 26.3. The molecule has 0 amide bonds. The van der Waals surface area contributed by atoms with Gasteiger partial charge in [-0.3, -0.25) is 0 Å². The maximum atomic E-state index is 9.40. The minimum Gasteiger partial charge on any atom is -0.307 e. The summed E-state index contributed by atoms with van der Waals surface area (Å²) in [7, 11) is 0. The number of hydrogen-bond acceptors (Lipinski definition) is 0. The van der Waals surface area contributed by atoms with Gasteiger partial charge >= 0.3 is 0 Å². The Hall–Kier alpha value is -5.08. The molecular formula is C36H24N2. The molecule has 0 bridgehead atoms. The summed E-state index contributed by atoms with van der Waals surface area (Å²) in [5.41, 5.74) is -1.12. The van der Waals surface area contributed by atoms with Gasteiger partial charge in [-0.1, -0.05) is 109 Å². The van der Waals surface area contributed by atoms with E-state index < -0.39 is 96.3 Å². The van der Waals surface area contributed by atoms with Crippen molar-refractivity contribution < 1.29 is 24.7 Å². The van der Waals surface area contributed by atoms with Gasteiger partial charge < -0.3 is 9.13 Å². The van der Waals surface area contributed by atoms with Crippen LogP contribution in [0.25, 0.3) is 66.1 Å². The molecule has 2 heterocycles. The fourth-order valence-corrected chi connectivity index (χ4v) is 4.90. The molecule has 0 N–H and O–H groups in total. The van der Waals surface area contributed by atoms with Crippen LogP contribution >= 0.6 is 0 Å². The summed E-state index contributed by atoms with van der Waals surface area (Å²) in [6.45, 7) is 0. The molecular weight excluding hydrogens is 460 g/mol. The van der Waals surface area contributed by atoms with E-state index in [9.17, 15) is 1.37 Å². The third-order valence-electron chi connectivity index (χ3n) is 6.44. The largest absolute Gasteiger partial charge is 0.307 e. The second-order valence-electron chi connectivity index (χ2n) is 8.46. The number of fused-ring (bicyclic) bond motifs is 6. The molecule has 0 aliphatic rings. The Morgan fingerprint density at radius 3 is 1.71 bits per heavy atom. The van der Waals surface area contributed by atoms with Crippen LogP contribution in [0.1, 0.15) is 24.7 Å². The van der Waals surface area contributed by atoms with Gasteiger partial charge in [0, 0.05) is 27.2 Å². The zero-order chi connectivity index (χ0) is 40.7. The fraction of sp³-hybridized carbons (Fsp3) is 0. The van der Waals surface area contributed by atoms with Crippen LogP contribution in [0, 0.1) is 0 Å². The number of para-hydroxylation sites is 4. The summed E-state index contributed by atoms with van der Waals surface area (Å²) >= 11 is 0. The average Bonchev–Trinajstić information content (AvgIpc) is 3.70. The lowest BCUT2D eigenvalue weighted by atomic mass is 10.1. The molecule has 2 nitrogen and oxygen atoms in total. The zero-order valence-corrected chi connectivity index (χ0v) is 19.4. The lowest BCUT2D eigenvalue weighted by molar-refractivity contribution is 1.13. The first-order valence-corrected chi connectivity index (χ1v) is 11.6. The molecule has 0 fully saturated rings. The molecule has 38 heavy (non-hydrogen) atoms. The topological polar surface area (TPSA) is 9.86 Å². The van der Waals surface area contributed by atoms with E-state index >= 15 is 0 Å². The van der Waals surface area contributed by atoms with Gasteiger partial charge in [0.1, 0.15) is 0 Å². The third kappa shape index (κ3) is 3.01. The van der Waals surface area contributed by atoms with Gasteiger partial charge in [0.15, 0.2) is 0 Å². The van der Waals surface area contributed by atoms with Gasteiger partial charge in [-0.05, 0) is 47.4 Å². The van der Waals surface area contributed by atoms with Crippen molar-refractivity contribution >= 4 is 43.6 Å². The number of hydrogen-bond donors (Lipinski definition) is 0. The Labute approximate surface area is 245 Å². The van der Waals surface area contributed by atoms with Crippen LogP contribution in [0.15, 0.2) is 145 Å². The monoisotopic (exact) mass is 502 g/mol. The second-order valence-corrected chi connectivity index (χ2v) is 8.46. The van der Waals surface area contributed by atoms with E-state index in [0.717, 1.165) is 4.57 Å². The van der Waals surface area contributed by atoms with Crippen molar-refractivity contribution in [2.75, 3.05) is 0 Å². The van der Waals surface area contributed by atoms with Crippen molar-refractivity contribution in [1.82, 2.24) is 9.13 Å². The Morgan fingerprint density at radius 2 is 1.03 bits per heavy atom. The van der Waals surface area contributed by atoms with E-state index in [1.54, 1.807) is 6.07 Å². The fourth-order valence-electron chi connectivity index (χ4n) is 4.90. The quantitative estimate of drug-likeness (QED) is 0.228. The van der Waals surface area contributed by atoms with Crippen LogP contribution in [0.5, 0.6) is 0 Å². The molecule has 0 saturated carbocycles. The number of benzene rings is 6. The Kier molecular flexibility index (Phi) is 2.16. The van der Waals surface area contributed by atoms with Crippen LogP contribution in [0.2, 0.25) is 0 Å². The molecule has 6 aromatic carbocycles. The molecule has 0 aliphatic carbocycles. The molecule has 178 valence electrons. The van der Waals surface area contributed by atoms with Gasteiger partial charge in [0.05, 0.1) is 52.4 Å². The lowest BCUT2D eigenvalue weighted by Crippen LogP contribution is -2.00. The van der Waals surface area contributed by atoms with E-state index in [2.05, 4.69) is 0 Å². The zero-order valence-electron chi connectivity index (χ0n) is 37.4. The first kappa shape index (κ1) is 10.00. The smallest absolute Gasteiger partial charge is 0.0782 e. The van der Waals surface area contributed by atoms with Crippen molar-refractivity contribution in [2.45, 2.75) is 0 Å². The molecule has 0 spiro atoms. The van der Waals surface area contributed by atoms with Crippen LogP contribution in [0.3, 0.4) is 0 Å². The predicted molar refractivity (Wildman–Crippen MR) is 161 cm³/mol. The molecule has 0 saturated heterocycles. The average molecular weight is 503 g/mol. The summed E-state index contributed by atoms with van der Waals surface area (Å²) in [5, 5.41) is -1.12.